The van der Waals surface area contributed by atoms with Crippen molar-refractivity contribution in [1.29, 1.82) is 5.26 Å². The minimum absolute atomic E-state index is 0.0614. The van der Waals surface area contributed by atoms with Crippen molar-refractivity contribution < 1.29 is 4.79 Å². The fourth-order valence-electron chi connectivity index (χ4n) is 1.51. The first-order valence-electron chi connectivity index (χ1n) is 5.78. The zero-order valence-electron chi connectivity index (χ0n) is 10.4. The van der Waals surface area contributed by atoms with Crippen LogP contribution in [0.5, 0.6) is 0 Å². The summed E-state index contributed by atoms with van der Waals surface area (Å²) in [5.41, 5.74) is 1.59. The number of rotatable bonds is 6. The second-order valence-electron chi connectivity index (χ2n) is 3.94. The highest BCUT2D eigenvalue weighted by Crippen LogP contribution is 2.12. The topological polar surface area (TPSA) is 64.9 Å². The minimum Gasteiger partial charge on any atom is -0.348 e. The molecule has 0 saturated carbocycles. The normalized spacial score (nSPS) is 11.3. The highest BCUT2D eigenvalue weighted by atomic mass is 16.1. The van der Waals surface area contributed by atoms with Gasteiger partial charge in [-0.15, -0.1) is 6.58 Å². The van der Waals surface area contributed by atoms with Crippen LogP contribution >= 0.6 is 0 Å². The van der Waals surface area contributed by atoms with E-state index in [1.165, 1.54) is 0 Å². The van der Waals surface area contributed by atoms with Gasteiger partial charge in [0.25, 0.3) is 0 Å². The van der Waals surface area contributed by atoms with E-state index in [2.05, 4.69) is 23.3 Å². The van der Waals surface area contributed by atoms with Crippen LogP contribution in [-0.2, 0) is 4.79 Å². The Labute approximate surface area is 107 Å². The summed E-state index contributed by atoms with van der Waals surface area (Å²) in [6, 6.07) is 9.17. The molecule has 1 aromatic carbocycles. The number of benzene rings is 1. The standard InChI is InChI=1S/C14H17N3O/c1-3-8-16-10-14(18)17-11(2)13-6-4-12(9-15)5-7-13/h3-7,11,16H,1,8,10H2,2H3,(H,17,18). The van der Waals surface area contributed by atoms with Gasteiger partial charge in [-0.25, -0.2) is 0 Å². The summed E-state index contributed by atoms with van der Waals surface area (Å²) in [5, 5.41) is 14.5. The molecule has 0 heterocycles. The van der Waals surface area contributed by atoms with Crippen LogP contribution in [-0.4, -0.2) is 19.0 Å². The number of carbonyl (C=O) groups is 1. The van der Waals surface area contributed by atoms with Gasteiger partial charge in [0, 0.05) is 6.54 Å². The molecule has 0 aliphatic heterocycles. The molecule has 4 heteroatoms. The van der Waals surface area contributed by atoms with E-state index in [0.29, 0.717) is 12.1 Å². The first-order chi connectivity index (χ1) is 8.67. The summed E-state index contributed by atoms with van der Waals surface area (Å²) >= 11 is 0. The Morgan fingerprint density at radius 2 is 2.17 bits per heavy atom. The van der Waals surface area contributed by atoms with Gasteiger partial charge in [-0.1, -0.05) is 18.2 Å². The smallest absolute Gasteiger partial charge is 0.234 e. The van der Waals surface area contributed by atoms with Crippen LogP contribution in [0.25, 0.3) is 0 Å². The highest BCUT2D eigenvalue weighted by molar-refractivity contribution is 5.78. The molecule has 0 fully saturated rings. The van der Waals surface area contributed by atoms with Crippen molar-refractivity contribution in [2.75, 3.05) is 13.1 Å². The lowest BCUT2D eigenvalue weighted by Crippen LogP contribution is -2.35. The third kappa shape index (κ3) is 4.40. The van der Waals surface area contributed by atoms with E-state index in [1.807, 2.05) is 19.1 Å². The van der Waals surface area contributed by atoms with Gasteiger partial charge in [0.1, 0.15) is 0 Å². The van der Waals surface area contributed by atoms with Crippen molar-refractivity contribution in [2.24, 2.45) is 0 Å². The van der Waals surface area contributed by atoms with Crippen molar-refractivity contribution in [1.82, 2.24) is 10.6 Å². The maximum absolute atomic E-state index is 11.6. The van der Waals surface area contributed by atoms with E-state index in [0.717, 1.165) is 5.56 Å². The lowest BCUT2D eigenvalue weighted by Gasteiger charge is -2.14. The number of amides is 1. The molecule has 1 rings (SSSR count). The van der Waals surface area contributed by atoms with E-state index in [-0.39, 0.29) is 18.5 Å². The Morgan fingerprint density at radius 3 is 2.72 bits per heavy atom. The fraction of sp³-hybridized carbons (Fsp3) is 0.286. The van der Waals surface area contributed by atoms with E-state index in [1.54, 1.807) is 18.2 Å². The Bertz CT molecular complexity index is 445. The zero-order chi connectivity index (χ0) is 13.4. The molecule has 0 aliphatic rings. The minimum atomic E-state index is -0.0734. The van der Waals surface area contributed by atoms with Crippen LogP contribution in [0.4, 0.5) is 0 Å². The molecule has 1 aromatic rings. The van der Waals surface area contributed by atoms with Crippen molar-refractivity contribution in [3.63, 3.8) is 0 Å². The molecule has 0 aliphatic carbocycles. The summed E-state index contributed by atoms with van der Waals surface area (Å²) in [5.74, 6) is -0.0614. The van der Waals surface area contributed by atoms with Crippen molar-refractivity contribution in [3.8, 4) is 6.07 Å². The molecule has 94 valence electrons. The van der Waals surface area contributed by atoms with Gasteiger partial charge in [-0.3, -0.25) is 4.79 Å². The summed E-state index contributed by atoms with van der Waals surface area (Å²) in [6.45, 7) is 6.35. The molecule has 0 spiro atoms. The Hall–Kier alpha value is -2.12. The molecular formula is C14H17N3O. The molecule has 2 N–H and O–H groups in total. The SMILES string of the molecule is C=CCNCC(=O)NC(C)c1ccc(C#N)cc1. The van der Waals surface area contributed by atoms with Crippen LogP contribution in [0.3, 0.4) is 0 Å². The summed E-state index contributed by atoms with van der Waals surface area (Å²) < 4.78 is 0. The Kier molecular flexibility index (Phi) is 5.62. The van der Waals surface area contributed by atoms with Crippen molar-refractivity contribution in [2.45, 2.75) is 13.0 Å². The Balaban J connectivity index is 2.48. The summed E-state index contributed by atoms with van der Waals surface area (Å²) in [6.07, 6.45) is 1.71. The van der Waals surface area contributed by atoms with Crippen LogP contribution in [0, 0.1) is 11.3 Å². The number of nitrogens with zero attached hydrogens (tertiary/aromatic N) is 1. The summed E-state index contributed by atoms with van der Waals surface area (Å²) in [4.78, 5) is 11.6. The second kappa shape index (κ2) is 7.25. The molecule has 18 heavy (non-hydrogen) atoms. The second-order valence-corrected chi connectivity index (χ2v) is 3.94. The van der Waals surface area contributed by atoms with Gasteiger partial charge in [-0.05, 0) is 24.6 Å². The van der Waals surface area contributed by atoms with Gasteiger partial charge in [0.2, 0.25) is 5.91 Å². The van der Waals surface area contributed by atoms with E-state index in [4.69, 9.17) is 5.26 Å². The third-order valence-corrected chi connectivity index (χ3v) is 2.49. The predicted octanol–water partition coefficient (Wildman–Crippen LogP) is 1.51. The quantitative estimate of drug-likeness (QED) is 0.588. The number of hydrogen-bond donors (Lipinski definition) is 2. The van der Waals surface area contributed by atoms with Crippen LogP contribution in [0.1, 0.15) is 24.1 Å². The van der Waals surface area contributed by atoms with Gasteiger partial charge < -0.3 is 10.6 Å². The molecule has 1 unspecified atom stereocenters. The predicted molar refractivity (Wildman–Crippen MR) is 70.8 cm³/mol. The molecule has 0 bridgehead atoms. The first-order valence-corrected chi connectivity index (χ1v) is 5.78. The average molecular weight is 243 g/mol. The molecule has 4 nitrogen and oxygen atoms in total. The number of nitrogens with one attached hydrogen (secondary N) is 2. The lowest BCUT2D eigenvalue weighted by atomic mass is 10.1. The summed E-state index contributed by atoms with van der Waals surface area (Å²) in [7, 11) is 0. The van der Waals surface area contributed by atoms with Crippen LogP contribution < -0.4 is 10.6 Å². The van der Waals surface area contributed by atoms with Gasteiger partial charge in [-0.2, -0.15) is 5.26 Å². The molecule has 0 saturated heterocycles. The van der Waals surface area contributed by atoms with Gasteiger partial charge >= 0.3 is 0 Å². The highest BCUT2D eigenvalue weighted by Gasteiger charge is 2.08. The maximum atomic E-state index is 11.6. The van der Waals surface area contributed by atoms with E-state index >= 15 is 0 Å². The fourth-order valence-corrected chi connectivity index (χ4v) is 1.51. The average Bonchev–Trinajstić information content (AvgIpc) is 2.39. The monoisotopic (exact) mass is 243 g/mol. The first kappa shape index (κ1) is 13.9. The molecule has 1 amide bonds. The van der Waals surface area contributed by atoms with Crippen LogP contribution in [0.15, 0.2) is 36.9 Å². The Morgan fingerprint density at radius 1 is 1.50 bits per heavy atom. The maximum Gasteiger partial charge on any atom is 0.234 e. The number of carbonyl (C=O) groups excluding carboxylic acids is 1. The van der Waals surface area contributed by atoms with Gasteiger partial charge in [0.15, 0.2) is 0 Å². The largest absolute Gasteiger partial charge is 0.348 e. The molecule has 1 atom stereocenters. The number of hydrogen-bond acceptors (Lipinski definition) is 3. The molecule has 0 aromatic heterocycles. The van der Waals surface area contributed by atoms with E-state index in [9.17, 15) is 4.79 Å². The zero-order valence-corrected chi connectivity index (χ0v) is 10.4. The van der Waals surface area contributed by atoms with Crippen LogP contribution in [0.2, 0.25) is 0 Å². The number of nitriles is 1. The van der Waals surface area contributed by atoms with E-state index < -0.39 is 0 Å². The van der Waals surface area contributed by atoms with Gasteiger partial charge in [0.05, 0.1) is 24.2 Å². The van der Waals surface area contributed by atoms with Crippen molar-refractivity contribution >= 4 is 5.91 Å². The lowest BCUT2D eigenvalue weighted by molar-refractivity contribution is -0.120. The van der Waals surface area contributed by atoms with Crippen molar-refractivity contribution in [3.05, 3.63) is 48.0 Å². The molecular weight excluding hydrogens is 226 g/mol. The molecule has 0 radical (unpaired) electrons. The third-order valence-electron chi connectivity index (χ3n) is 2.49.